The minimum atomic E-state index is -0.0799. The van der Waals surface area contributed by atoms with E-state index in [1.807, 2.05) is 18.3 Å². The van der Waals surface area contributed by atoms with Crippen molar-refractivity contribution < 1.29 is 9.53 Å². The lowest BCUT2D eigenvalue weighted by molar-refractivity contribution is 0.0855. The molecule has 29 heavy (non-hydrogen) atoms. The zero-order valence-corrected chi connectivity index (χ0v) is 17.4. The van der Waals surface area contributed by atoms with Crippen LogP contribution in [0.3, 0.4) is 0 Å². The van der Waals surface area contributed by atoms with Crippen LogP contribution >= 0.6 is 0 Å². The molecule has 6 nitrogen and oxygen atoms in total. The molecule has 0 saturated carbocycles. The van der Waals surface area contributed by atoms with E-state index in [0.29, 0.717) is 24.2 Å². The Morgan fingerprint density at radius 2 is 2.14 bits per heavy atom. The van der Waals surface area contributed by atoms with Crippen molar-refractivity contribution in [1.82, 2.24) is 20.2 Å². The van der Waals surface area contributed by atoms with Gasteiger partial charge in [-0.05, 0) is 69.2 Å². The van der Waals surface area contributed by atoms with E-state index in [4.69, 9.17) is 4.74 Å². The Kier molecular flexibility index (Phi) is 6.72. The van der Waals surface area contributed by atoms with Gasteiger partial charge in [-0.2, -0.15) is 0 Å². The number of rotatable bonds is 6. The number of carbonyl (C=O) groups is 1. The zero-order chi connectivity index (χ0) is 20.1. The monoisotopic (exact) mass is 396 g/mol. The summed E-state index contributed by atoms with van der Waals surface area (Å²) in [6, 6.07) is 4.53. The van der Waals surface area contributed by atoms with Crippen molar-refractivity contribution in [1.29, 1.82) is 0 Å². The number of piperidine rings is 1. The average Bonchev–Trinajstić information content (AvgIpc) is 2.77. The quantitative estimate of drug-likeness (QED) is 0.757. The fraction of sp³-hybridized carbons (Fsp3) is 0.609. The number of nitrogens with zero attached hydrogens (tertiary/aromatic N) is 3. The van der Waals surface area contributed by atoms with Gasteiger partial charge < -0.3 is 15.0 Å². The first kappa shape index (κ1) is 20.2. The van der Waals surface area contributed by atoms with E-state index in [1.165, 1.54) is 31.4 Å². The Hall–Kier alpha value is -2.05. The van der Waals surface area contributed by atoms with Gasteiger partial charge in [0.1, 0.15) is 5.69 Å². The van der Waals surface area contributed by atoms with Crippen LogP contribution in [0.5, 0.6) is 0 Å². The number of carbonyl (C=O) groups excluding carboxylic acids is 1. The van der Waals surface area contributed by atoms with Gasteiger partial charge in [0.25, 0.3) is 5.91 Å². The maximum Gasteiger partial charge on any atom is 0.269 e. The number of nitrogens with one attached hydrogen (secondary N) is 1. The lowest BCUT2D eigenvalue weighted by Crippen LogP contribution is -2.39. The van der Waals surface area contributed by atoms with Crippen LogP contribution in [0.15, 0.2) is 24.5 Å². The molecule has 4 rings (SSSR count). The number of amides is 1. The molecule has 2 aliphatic heterocycles. The Balaban J connectivity index is 1.41. The molecule has 0 radical (unpaired) electrons. The molecule has 2 saturated heterocycles. The van der Waals surface area contributed by atoms with Crippen LogP contribution in [0.25, 0.3) is 10.9 Å². The summed E-state index contributed by atoms with van der Waals surface area (Å²) >= 11 is 0. The SMILES string of the molecule is C[C@H]1CCCCN1CCCNC(=O)c1cc(C2CCOCC2)c2cnccc2n1. The first-order valence-electron chi connectivity index (χ1n) is 11.1. The molecule has 1 N–H and O–H groups in total. The van der Waals surface area contributed by atoms with Crippen molar-refractivity contribution in [3.05, 3.63) is 35.8 Å². The van der Waals surface area contributed by atoms with Crippen LogP contribution in [0.1, 0.15) is 67.4 Å². The van der Waals surface area contributed by atoms with Crippen LogP contribution in [-0.4, -0.2) is 59.7 Å². The molecule has 0 spiro atoms. The standard InChI is InChI=1S/C23H32N4O2/c1-17-5-2-3-11-27(17)12-4-9-25-23(28)22-15-19(18-7-13-29-14-8-18)20-16-24-10-6-21(20)26-22/h6,10,15-18H,2-5,7-9,11-14H2,1H3,(H,25,28)/t17-/m0/s1. The summed E-state index contributed by atoms with van der Waals surface area (Å²) in [6.45, 7) is 6.76. The molecule has 4 heterocycles. The molecule has 0 aliphatic carbocycles. The van der Waals surface area contributed by atoms with Gasteiger partial charge in [0.05, 0.1) is 5.52 Å². The minimum absolute atomic E-state index is 0.0799. The van der Waals surface area contributed by atoms with E-state index in [9.17, 15) is 4.79 Å². The van der Waals surface area contributed by atoms with Gasteiger partial charge in [-0.3, -0.25) is 9.78 Å². The Bertz CT molecular complexity index is 835. The summed E-state index contributed by atoms with van der Waals surface area (Å²) in [5.41, 5.74) is 2.53. The van der Waals surface area contributed by atoms with Crippen molar-refractivity contribution >= 4 is 16.8 Å². The summed E-state index contributed by atoms with van der Waals surface area (Å²) in [6.07, 6.45) is 10.5. The van der Waals surface area contributed by atoms with E-state index < -0.39 is 0 Å². The first-order chi connectivity index (χ1) is 14.2. The van der Waals surface area contributed by atoms with Crippen LogP contribution in [0.2, 0.25) is 0 Å². The predicted molar refractivity (Wildman–Crippen MR) is 114 cm³/mol. The molecule has 2 aromatic rings. The molecule has 0 unspecified atom stereocenters. The number of aromatic nitrogens is 2. The van der Waals surface area contributed by atoms with E-state index in [-0.39, 0.29) is 5.91 Å². The number of hydrogen-bond acceptors (Lipinski definition) is 5. The van der Waals surface area contributed by atoms with E-state index in [2.05, 4.69) is 27.1 Å². The number of ether oxygens (including phenoxy) is 1. The molecule has 156 valence electrons. The second-order valence-corrected chi connectivity index (χ2v) is 8.37. The predicted octanol–water partition coefficient (Wildman–Crippen LogP) is 3.52. The third-order valence-electron chi connectivity index (χ3n) is 6.38. The Morgan fingerprint density at radius 1 is 1.28 bits per heavy atom. The number of likely N-dealkylation sites (tertiary alicyclic amines) is 1. The van der Waals surface area contributed by atoms with E-state index in [1.54, 1.807) is 6.20 Å². The molecular weight excluding hydrogens is 364 g/mol. The maximum absolute atomic E-state index is 12.8. The topological polar surface area (TPSA) is 67.4 Å². The van der Waals surface area contributed by atoms with Crippen LogP contribution < -0.4 is 5.32 Å². The summed E-state index contributed by atoms with van der Waals surface area (Å²) in [7, 11) is 0. The minimum Gasteiger partial charge on any atom is -0.381 e. The molecule has 1 atom stereocenters. The third-order valence-corrected chi connectivity index (χ3v) is 6.38. The number of pyridine rings is 2. The Labute approximate surface area is 173 Å². The molecule has 2 aromatic heterocycles. The fourth-order valence-electron chi connectivity index (χ4n) is 4.62. The number of fused-ring (bicyclic) bond motifs is 1. The number of hydrogen-bond donors (Lipinski definition) is 1. The normalized spacial score (nSPS) is 21.3. The molecule has 2 fully saturated rings. The summed E-state index contributed by atoms with van der Waals surface area (Å²) < 4.78 is 5.52. The highest BCUT2D eigenvalue weighted by Gasteiger charge is 2.21. The summed E-state index contributed by atoms with van der Waals surface area (Å²) in [5.74, 6) is 0.314. The van der Waals surface area contributed by atoms with Gasteiger partial charge in [0, 0.05) is 50.1 Å². The van der Waals surface area contributed by atoms with Gasteiger partial charge in [-0.25, -0.2) is 4.98 Å². The van der Waals surface area contributed by atoms with Gasteiger partial charge in [0.2, 0.25) is 0 Å². The van der Waals surface area contributed by atoms with Crippen molar-refractivity contribution in [2.75, 3.05) is 32.8 Å². The lowest BCUT2D eigenvalue weighted by Gasteiger charge is -2.33. The fourth-order valence-corrected chi connectivity index (χ4v) is 4.62. The van der Waals surface area contributed by atoms with Gasteiger partial charge in [0.15, 0.2) is 0 Å². The van der Waals surface area contributed by atoms with Crippen molar-refractivity contribution in [2.45, 2.75) is 57.4 Å². The highest BCUT2D eigenvalue weighted by atomic mass is 16.5. The third kappa shape index (κ3) is 4.93. The van der Waals surface area contributed by atoms with Crippen molar-refractivity contribution in [3.8, 4) is 0 Å². The second-order valence-electron chi connectivity index (χ2n) is 8.37. The maximum atomic E-state index is 12.8. The molecule has 0 aromatic carbocycles. The average molecular weight is 397 g/mol. The van der Waals surface area contributed by atoms with E-state index in [0.717, 1.165) is 49.9 Å². The Morgan fingerprint density at radius 3 is 2.97 bits per heavy atom. The summed E-state index contributed by atoms with van der Waals surface area (Å²) in [5, 5.41) is 4.13. The van der Waals surface area contributed by atoms with Crippen molar-refractivity contribution in [2.24, 2.45) is 0 Å². The van der Waals surface area contributed by atoms with Gasteiger partial charge in [-0.15, -0.1) is 0 Å². The highest BCUT2D eigenvalue weighted by molar-refractivity contribution is 5.95. The smallest absolute Gasteiger partial charge is 0.269 e. The second kappa shape index (κ2) is 9.63. The first-order valence-corrected chi connectivity index (χ1v) is 11.1. The molecule has 1 amide bonds. The van der Waals surface area contributed by atoms with Gasteiger partial charge in [-0.1, -0.05) is 6.42 Å². The molecule has 6 heteroatoms. The largest absolute Gasteiger partial charge is 0.381 e. The van der Waals surface area contributed by atoms with E-state index >= 15 is 0 Å². The van der Waals surface area contributed by atoms with Crippen LogP contribution in [-0.2, 0) is 4.74 Å². The zero-order valence-electron chi connectivity index (χ0n) is 17.4. The highest BCUT2D eigenvalue weighted by Crippen LogP contribution is 2.32. The van der Waals surface area contributed by atoms with Gasteiger partial charge >= 0.3 is 0 Å². The van der Waals surface area contributed by atoms with Crippen LogP contribution in [0, 0.1) is 0 Å². The molecule has 0 bridgehead atoms. The van der Waals surface area contributed by atoms with Crippen LogP contribution in [0.4, 0.5) is 0 Å². The van der Waals surface area contributed by atoms with Crippen molar-refractivity contribution in [3.63, 3.8) is 0 Å². The molecular formula is C23H32N4O2. The summed E-state index contributed by atoms with van der Waals surface area (Å²) in [4.78, 5) is 24.2. The molecule has 2 aliphatic rings. The lowest BCUT2D eigenvalue weighted by atomic mass is 9.89.